The Labute approximate surface area is 130 Å². The van der Waals surface area contributed by atoms with E-state index in [2.05, 4.69) is 9.80 Å². The van der Waals surface area contributed by atoms with Crippen LogP contribution in [-0.2, 0) is 11.3 Å². The zero-order chi connectivity index (χ0) is 14.9. The van der Waals surface area contributed by atoms with Crippen molar-refractivity contribution in [2.75, 3.05) is 39.3 Å². The molecule has 0 bridgehead atoms. The SMILES string of the molecule is O=C1OCC2CN(C3CCN(Cc4ccco4)CC3)CCN12. The van der Waals surface area contributed by atoms with E-state index in [1.165, 1.54) is 12.8 Å². The molecule has 0 aliphatic carbocycles. The number of hydrogen-bond acceptors (Lipinski definition) is 5. The maximum Gasteiger partial charge on any atom is 0.410 e. The first-order valence-electron chi connectivity index (χ1n) is 8.22. The molecule has 1 aromatic heterocycles. The first kappa shape index (κ1) is 14.1. The second-order valence-corrected chi connectivity index (χ2v) is 6.51. The van der Waals surface area contributed by atoms with E-state index < -0.39 is 0 Å². The van der Waals surface area contributed by atoms with Crippen molar-refractivity contribution in [1.82, 2.24) is 14.7 Å². The number of ether oxygens (including phenoxy) is 1. The normalized spacial score (nSPS) is 27.9. The minimum absolute atomic E-state index is 0.127. The lowest BCUT2D eigenvalue weighted by Crippen LogP contribution is -2.56. The summed E-state index contributed by atoms with van der Waals surface area (Å²) < 4.78 is 10.6. The number of piperazine rings is 1. The van der Waals surface area contributed by atoms with Gasteiger partial charge in [-0.3, -0.25) is 14.7 Å². The van der Waals surface area contributed by atoms with Crippen LogP contribution in [0.2, 0.25) is 0 Å². The number of likely N-dealkylation sites (tertiary alicyclic amines) is 1. The van der Waals surface area contributed by atoms with Crippen molar-refractivity contribution in [2.45, 2.75) is 31.5 Å². The van der Waals surface area contributed by atoms with Crippen LogP contribution in [0.5, 0.6) is 0 Å². The molecule has 0 N–H and O–H groups in total. The van der Waals surface area contributed by atoms with Gasteiger partial charge in [-0.1, -0.05) is 0 Å². The summed E-state index contributed by atoms with van der Waals surface area (Å²) in [7, 11) is 0. The molecule has 1 aromatic rings. The molecule has 3 saturated heterocycles. The Morgan fingerprint density at radius 3 is 2.77 bits per heavy atom. The van der Waals surface area contributed by atoms with E-state index in [0.717, 1.165) is 45.0 Å². The minimum Gasteiger partial charge on any atom is -0.468 e. The zero-order valence-corrected chi connectivity index (χ0v) is 12.8. The maximum atomic E-state index is 11.6. The van der Waals surface area contributed by atoms with Gasteiger partial charge in [-0.2, -0.15) is 0 Å². The Morgan fingerprint density at radius 1 is 1.14 bits per heavy atom. The second-order valence-electron chi connectivity index (χ2n) is 6.51. The second kappa shape index (κ2) is 5.93. The van der Waals surface area contributed by atoms with Gasteiger partial charge in [0.25, 0.3) is 0 Å². The van der Waals surface area contributed by atoms with Crippen LogP contribution in [0.15, 0.2) is 22.8 Å². The number of carbonyl (C=O) groups excluding carboxylic acids is 1. The molecule has 22 heavy (non-hydrogen) atoms. The molecule has 6 heteroatoms. The van der Waals surface area contributed by atoms with Gasteiger partial charge in [0.05, 0.1) is 18.8 Å². The van der Waals surface area contributed by atoms with Gasteiger partial charge in [-0.05, 0) is 25.0 Å². The topological polar surface area (TPSA) is 49.2 Å². The van der Waals surface area contributed by atoms with E-state index in [-0.39, 0.29) is 12.1 Å². The third kappa shape index (κ3) is 2.73. The largest absolute Gasteiger partial charge is 0.468 e. The molecule has 6 nitrogen and oxygen atoms in total. The molecule has 0 saturated carbocycles. The average molecular weight is 305 g/mol. The first-order chi connectivity index (χ1) is 10.8. The third-order valence-corrected chi connectivity index (χ3v) is 5.18. The highest BCUT2D eigenvalue weighted by Crippen LogP contribution is 2.24. The molecule has 0 spiro atoms. The van der Waals surface area contributed by atoms with E-state index in [1.54, 1.807) is 6.26 Å². The summed E-state index contributed by atoms with van der Waals surface area (Å²) in [5.41, 5.74) is 0. The fourth-order valence-corrected chi connectivity index (χ4v) is 3.91. The smallest absolute Gasteiger partial charge is 0.410 e. The van der Waals surface area contributed by atoms with Crippen LogP contribution in [0, 0.1) is 0 Å². The lowest BCUT2D eigenvalue weighted by molar-refractivity contribution is 0.0510. The molecule has 1 amide bonds. The lowest BCUT2D eigenvalue weighted by Gasteiger charge is -2.43. The number of cyclic esters (lactones) is 1. The van der Waals surface area contributed by atoms with Crippen molar-refractivity contribution < 1.29 is 13.9 Å². The van der Waals surface area contributed by atoms with Gasteiger partial charge in [0.1, 0.15) is 12.4 Å². The highest BCUT2D eigenvalue weighted by atomic mass is 16.6. The molecular formula is C16H23N3O3. The lowest BCUT2D eigenvalue weighted by atomic mass is 10.0. The Morgan fingerprint density at radius 2 is 2.00 bits per heavy atom. The number of hydrogen-bond donors (Lipinski definition) is 0. The van der Waals surface area contributed by atoms with E-state index in [9.17, 15) is 4.79 Å². The van der Waals surface area contributed by atoms with Crippen LogP contribution in [-0.4, -0.2) is 72.2 Å². The number of fused-ring (bicyclic) bond motifs is 1. The van der Waals surface area contributed by atoms with E-state index >= 15 is 0 Å². The van der Waals surface area contributed by atoms with Crippen LogP contribution < -0.4 is 0 Å². The van der Waals surface area contributed by atoms with Gasteiger partial charge in [-0.25, -0.2) is 4.79 Å². The summed E-state index contributed by atoms with van der Waals surface area (Å²) in [6.07, 6.45) is 4.01. The maximum absolute atomic E-state index is 11.6. The molecular weight excluding hydrogens is 282 g/mol. The van der Waals surface area contributed by atoms with E-state index in [0.29, 0.717) is 12.6 Å². The number of nitrogens with zero attached hydrogens (tertiary/aromatic N) is 3. The predicted molar refractivity (Wildman–Crippen MR) is 80.4 cm³/mol. The molecule has 4 heterocycles. The van der Waals surface area contributed by atoms with Gasteiger partial charge in [0, 0.05) is 38.8 Å². The van der Waals surface area contributed by atoms with Gasteiger partial charge in [0.15, 0.2) is 0 Å². The van der Waals surface area contributed by atoms with E-state index in [1.807, 2.05) is 17.0 Å². The van der Waals surface area contributed by atoms with Crippen LogP contribution in [0.25, 0.3) is 0 Å². The average Bonchev–Trinajstić information content (AvgIpc) is 3.18. The van der Waals surface area contributed by atoms with Crippen molar-refractivity contribution in [3.63, 3.8) is 0 Å². The van der Waals surface area contributed by atoms with Crippen molar-refractivity contribution in [3.05, 3.63) is 24.2 Å². The molecule has 3 aliphatic rings. The van der Waals surface area contributed by atoms with Gasteiger partial charge >= 0.3 is 6.09 Å². The number of piperidine rings is 1. The first-order valence-corrected chi connectivity index (χ1v) is 8.22. The quantitative estimate of drug-likeness (QED) is 0.844. The molecule has 0 radical (unpaired) electrons. The fourth-order valence-electron chi connectivity index (χ4n) is 3.91. The van der Waals surface area contributed by atoms with E-state index in [4.69, 9.17) is 9.15 Å². The summed E-state index contributed by atoms with van der Waals surface area (Å²) in [6, 6.07) is 4.91. The molecule has 0 aromatic carbocycles. The van der Waals surface area contributed by atoms with Crippen LogP contribution in [0.1, 0.15) is 18.6 Å². The summed E-state index contributed by atoms with van der Waals surface area (Å²) in [6.45, 7) is 6.47. The summed E-state index contributed by atoms with van der Waals surface area (Å²) in [5, 5.41) is 0. The molecule has 3 fully saturated rings. The highest BCUT2D eigenvalue weighted by Gasteiger charge is 2.39. The highest BCUT2D eigenvalue weighted by molar-refractivity contribution is 5.70. The molecule has 1 atom stereocenters. The Hall–Kier alpha value is -1.53. The molecule has 120 valence electrons. The van der Waals surface area contributed by atoms with Gasteiger partial charge in [-0.15, -0.1) is 0 Å². The van der Waals surface area contributed by atoms with Crippen LogP contribution >= 0.6 is 0 Å². The number of amides is 1. The molecule has 3 aliphatic heterocycles. The number of rotatable bonds is 3. The van der Waals surface area contributed by atoms with Crippen molar-refractivity contribution in [2.24, 2.45) is 0 Å². The zero-order valence-electron chi connectivity index (χ0n) is 12.8. The fraction of sp³-hybridized carbons (Fsp3) is 0.688. The van der Waals surface area contributed by atoms with Gasteiger partial charge < -0.3 is 9.15 Å². The third-order valence-electron chi connectivity index (χ3n) is 5.18. The van der Waals surface area contributed by atoms with Crippen molar-refractivity contribution in [1.29, 1.82) is 0 Å². The summed E-state index contributed by atoms with van der Waals surface area (Å²) in [4.78, 5) is 18.5. The number of furan rings is 1. The van der Waals surface area contributed by atoms with Crippen molar-refractivity contribution in [3.8, 4) is 0 Å². The molecule has 1 unspecified atom stereocenters. The Kier molecular flexibility index (Phi) is 3.80. The predicted octanol–water partition coefficient (Wildman–Crippen LogP) is 1.38. The standard InChI is InChI=1S/C16H23N3O3/c20-16-19-8-7-18(10-14(19)12-22-16)13-3-5-17(6-4-13)11-15-2-1-9-21-15/h1-2,9,13-14H,3-8,10-12H2. The van der Waals surface area contributed by atoms with Crippen LogP contribution in [0.3, 0.4) is 0 Å². The van der Waals surface area contributed by atoms with Crippen molar-refractivity contribution >= 4 is 6.09 Å². The van der Waals surface area contributed by atoms with Gasteiger partial charge in [0.2, 0.25) is 0 Å². The minimum atomic E-state index is -0.127. The number of carbonyl (C=O) groups is 1. The summed E-state index contributed by atoms with van der Waals surface area (Å²) in [5.74, 6) is 1.05. The molecule has 4 rings (SSSR count). The summed E-state index contributed by atoms with van der Waals surface area (Å²) >= 11 is 0. The Balaban J connectivity index is 1.28. The van der Waals surface area contributed by atoms with Crippen LogP contribution in [0.4, 0.5) is 4.79 Å². The monoisotopic (exact) mass is 305 g/mol. The Bertz CT molecular complexity index is 511.